The Morgan fingerprint density at radius 2 is 1.76 bits per heavy atom. The fourth-order valence-electron chi connectivity index (χ4n) is 3.69. The fourth-order valence-corrected chi connectivity index (χ4v) is 3.69. The first kappa shape index (κ1) is 26.0. The van der Waals surface area contributed by atoms with Crippen molar-refractivity contribution in [2.45, 2.75) is 57.9 Å². The second kappa shape index (κ2) is 11.7. The summed E-state index contributed by atoms with van der Waals surface area (Å²) in [6, 6.07) is 8.35. The van der Waals surface area contributed by atoms with Crippen LogP contribution in [-0.4, -0.2) is 32.1 Å². The molecule has 34 heavy (non-hydrogen) atoms. The van der Waals surface area contributed by atoms with Crippen molar-refractivity contribution in [3.05, 3.63) is 58.9 Å². The van der Waals surface area contributed by atoms with Crippen LogP contribution in [0.5, 0.6) is 11.5 Å². The van der Waals surface area contributed by atoms with Gasteiger partial charge in [0.25, 0.3) is 0 Å². The number of ether oxygens (including phenoxy) is 4. The Kier molecular flexibility index (Phi) is 8.90. The summed E-state index contributed by atoms with van der Waals surface area (Å²) in [6.07, 6.45) is -1.56. The molecule has 9 heteroatoms. The van der Waals surface area contributed by atoms with E-state index in [4.69, 9.17) is 18.9 Å². The van der Waals surface area contributed by atoms with Crippen molar-refractivity contribution in [2.24, 2.45) is 0 Å². The first-order valence-corrected chi connectivity index (χ1v) is 11.3. The van der Waals surface area contributed by atoms with Crippen molar-refractivity contribution in [3.63, 3.8) is 0 Å². The highest BCUT2D eigenvalue weighted by Gasteiger charge is 2.40. The highest BCUT2D eigenvalue weighted by Crippen LogP contribution is 2.41. The van der Waals surface area contributed by atoms with Gasteiger partial charge in [-0.05, 0) is 56.0 Å². The highest BCUT2D eigenvalue weighted by atomic mass is 19.4. The van der Waals surface area contributed by atoms with E-state index < -0.39 is 35.0 Å². The van der Waals surface area contributed by atoms with E-state index in [2.05, 4.69) is 6.92 Å². The van der Waals surface area contributed by atoms with Crippen LogP contribution in [0.4, 0.5) is 17.6 Å². The van der Waals surface area contributed by atoms with Crippen LogP contribution in [0.3, 0.4) is 0 Å². The lowest BCUT2D eigenvalue weighted by Gasteiger charge is -2.29. The van der Waals surface area contributed by atoms with E-state index in [0.29, 0.717) is 13.2 Å². The van der Waals surface area contributed by atoms with Crippen LogP contribution < -0.4 is 9.47 Å². The second-order valence-corrected chi connectivity index (χ2v) is 7.95. The van der Waals surface area contributed by atoms with E-state index in [1.165, 1.54) is 19.1 Å². The molecule has 0 aliphatic carbocycles. The molecule has 0 saturated carbocycles. The Balaban J connectivity index is 1.65. The lowest BCUT2D eigenvalue weighted by Crippen LogP contribution is -2.27. The van der Waals surface area contributed by atoms with Gasteiger partial charge in [-0.2, -0.15) is 13.2 Å². The van der Waals surface area contributed by atoms with Crippen LogP contribution in [0.15, 0.2) is 36.4 Å². The van der Waals surface area contributed by atoms with Gasteiger partial charge in [0, 0.05) is 12.5 Å². The van der Waals surface area contributed by atoms with Crippen LogP contribution in [0.2, 0.25) is 0 Å². The van der Waals surface area contributed by atoms with Crippen molar-refractivity contribution in [1.82, 2.24) is 0 Å². The molecule has 5 nitrogen and oxygen atoms in total. The Labute approximate surface area is 196 Å². The molecule has 1 aliphatic heterocycles. The number of unbranched alkanes of at least 4 members (excludes halogenated alkanes) is 1. The average molecular weight is 484 g/mol. The van der Waals surface area contributed by atoms with Crippen molar-refractivity contribution < 1.29 is 41.3 Å². The summed E-state index contributed by atoms with van der Waals surface area (Å²) in [4.78, 5) is 12.5. The summed E-state index contributed by atoms with van der Waals surface area (Å²) in [6.45, 7) is 4.65. The summed E-state index contributed by atoms with van der Waals surface area (Å²) in [5.74, 6) is -4.01. The van der Waals surface area contributed by atoms with Gasteiger partial charge in [-0.25, -0.2) is 9.18 Å². The summed E-state index contributed by atoms with van der Waals surface area (Å²) < 4.78 is 75.8. The normalized spacial score (nSPS) is 18.5. The van der Waals surface area contributed by atoms with Crippen LogP contribution in [-0.2, 0) is 15.7 Å². The molecule has 186 valence electrons. The number of hydrogen-bond donors (Lipinski definition) is 0. The number of carbonyl (C=O) groups excluding carboxylic acids is 1. The van der Waals surface area contributed by atoms with Crippen LogP contribution >= 0.6 is 0 Å². The van der Waals surface area contributed by atoms with Crippen molar-refractivity contribution in [1.29, 1.82) is 0 Å². The van der Waals surface area contributed by atoms with Crippen LogP contribution in [0.1, 0.15) is 66.9 Å². The van der Waals surface area contributed by atoms with Crippen LogP contribution in [0, 0.1) is 5.82 Å². The molecule has 1 heterocycles. The molecule has 1 aliphatic rings. The topological polar surface area (TPSA) is 54.0 Å². The van der Waals surface area contributed by atoms with Crippen molar-refractivity contribution in [2.75, 3.05) is 19.8 Å². The molecular weight excluding hydrogens is 456 g/mol. The molecule has 0 aromatic heterocycles. The minimum atomic E-state index is -5.01. The van der Waals surface area contributed by atoms with E-state index >= 15 is 0 Å². The van der Waals surface area contributed by atoms with Crippen molar-refractivity contribution >= 4 is 5.97 Å². The maximum Gasteiger partial charge on any atom is 0.422 e. The minimum absolute atomic E-state index is 0.0768. The zero-order chi connectivity index (χ0) is 24.7. The van der Waals surface area contributed by atoms with Crippen molar-refractivity contribution in [3.8, 4) is 11.5 Å². The second-order valence-electron chi connectivity index (χ2n) is 7.95. The molecule has 0 radical (unpaired) electrons. The zero-order valence-electron chi connectivity index (χ0n) is 19.1. The summed E-state index contributed by atoms with van der Waals surface area (Å²) in [5.41, 5.74) is -0.567. The van der Waals surface area contributed by atoms with Gasteiger partial charge in [-0.3, -0.25) is 0 Å². The van der Waals surface area contributed by atoms with E-state index in [9.17, 15) is 22.4 Å². The number of rotatable bonds is 9. The Hall–Kier alpha value is -2.65. The number of hydrogen-bond acceptors (Lipinski definition) is 5. The predicted octanol–water partition coefficient (Wildman–Crippen LogP) is 6.50. The molecular formula is C25H28F4O5. The number of halogens is 4. The molecule has 3 rings (SSSR count). The summed E-state index contributed by atoms with van der Waals surface area (Å²) >= 11 is 0. The van der Waals surface area contributed by atoms with Gasteiger partial charge >= 0.3 is 12.1 Å². The van der Waals surface area contributed by atoms with Gasteiger partial charge in [0.05, 0.1) is 18.8 Å². The quantitative estimate of drug-likeness (QED) is 0.176. The minimum Gasteiger partial charge on any atom is -0.493 e. The Bertz CT molecular complexity index is 951. The van der Waals surface area contributed by atoms with Gasteiger partial charge < -0.3 is 18.9 Å². The first-order chi connectivity index (χ1) is 16.2. The van der Waals surface area contributed by atoms with E-state index in [1.807, 2.05) is 0 Å². The maximum absolute atomic E-state index is 14.6. The maximum atomic E-state index is 14.6. The number of carbonyl (C=O) groups is 1. The lowest BCUT2D eigenvalue weighted by molar-refractivity contribution is -0.167. The van der Waals surface area contributed by atoms with Gasteiger partial charge in [-0.15, -0.1) is 0 Å². The Morgan fingerprint density at radius 1 is 1.06 bits per heavy atom. The number of esters is 1. The van der Waals surface area contributed by atoms with Gasteiger partial charge in [0.1, 0.15) is 11.3 Å². The highest BCUT2D eigenvalue weighted by molar-refractivity contribution is 5.91. The number of benzene rings is 2. The van der Waals surface area contributed by atoms with E-state index in [-0.39, 0.29) is 24.4 Å². The third kappa shape index (κ3) is 6.48. The molecule has 2 aromatic rings. The zero-order valence-corrected chi connectivity index (χ0v) is 19.1. The monoisotopic (exact) mass is 484 g/mol. The first-order valence-electron chi connectivity index (χ1n) is 11.3. The van der Waals surface area contributed by atoms with Gasteiger partial charge in [0.15, 0.2) is 17.9 Å². The third-order valence-corrected chi connectivity index (χ3v) is 5.51. The predicted molar refractivity (Wildman–Crippen MR) is 117 cm³/mol. The molecule has 0 spiro atoms. The van der Waals surface area contributed by atoms with Gasteiger partial charge in [0.2, 0.25) is 0 Å². The van der Waals surface area contributed by atoms with E-state index in [1.54, 1.807) is 12.1 Å². The molecule has 0 amide bonds. The standard InChI is InChI=1S/C25H28F4O5/c1-3-5-14-32-21-13-10-18(15-33-21)16-6-8-17(9-7-16)24(30)34-20-12-11-19(31-4-2)22(23(20)26)25(27,28)29/h6-9,11-12,18,21H,3-5,10,13-15H2,1-2H3. The van der Waals surface area contributed by atoms with Gasteiger partial charge in [-0.1, -0.05) is 25.5 Å². The summed E-state index contributed by atoms with van der Waals surface area (Å²) in [7, 11) is 0. The molecule has 0 bridgehead atoms. The third-order valence-electron chi connectivity index (χ3n) is 5.51. The van der Waals surface area contributed by atoms with Crippen LogP contribution in [0.25, 0.3) is 0 Å². The molecule has 2 atom stereocenters. The lowest BCUT2D eigenvalue weighted by atomic mass is 9.92. The number of alkyl halides is 3. The molecule has 2 aromatic carbocycles. The van der Waals surface area contributed by atoms with E-state index in [0.717, 1.165) is 43.4 Å². The smallest absolute Gasteiger partial charge is 0.422 e. The fraction of sp³-hybridized carbons (Fsp3) is 0.480. The molecule has 2 unspecified atom stereocenters. The molecule has 1 fully saturated rings. The SMILES string of the molecule is CCCCOC1CCC(c2ccc(C(=O)Oc3ccc(OCC)c(C(F)(F)F)c3F)cc2)CO1. The molecule has 0 N–H and O–H groups in total. The average Bonchev–Trinajstić information content (AvgIpc) is 2.81. The largest absolute Gasteiger partial charge is 0.493 e. The molecule has 1 saturated heterocycles. The Morgan fingerprint density at radius 3 is 2.35 bits per heavy atom. The summed E-state index contributed by atoms with van der Waals surface area (Å²) in [5, 5.41) is 0.